The smallest absolute Gasteiger partial charge is 0.222 e. The Kier molecular flexibility index (Phi) is 8.71. The Labute approximate surface area is 157 Å². The van der Waals surface area contributed by atoms with E-state index in [1.54, 1.807) is 19.0 Å². The molecular formula is C20H33N3O3. The Morgan fingerprint density at radius 3 is 2.73 bits per heavy atom. The van der Waals surface area contributed by atoms with Gasteiger partial charge in [0.15, 0.2) is 0 Å². The van der Waals surface area contributed by atoms with Gasteiger partial charge in [0.25, 0.3) is 0 Å². The zero-order valence-corrected chi connectivity index (χ0v) is 16.4. The standard InChI is InChI=1S/C20H33N3O3/c1-4-23(10-6-9-20(24)21(2)3)18-7-5-8-19(17-18)26-16-13-22-11-14-25-15-12-22/h5,7-8,17H,4,6,9-16H2,1-3H3. The van der Waals surface area contributed by atoms with Crippen molar-refractivity contribution in [2.75, 3.05) is 71.5 Å². The molecule has 6 heteroatoms. The van der Waals surface area contributed by atoms with Gasteiger partial charge in [-0.05, 0) is 25.5 Å². The summed E-state index contributed by atoms with van der Waals surface area (Å²) < 4.78 is 11.3. The van der Waals surface area contributed by atoms with Crippen LogP contribution >= 0.6 is 0 Å². The van der Waals surface area contributed by atoms with Crippen LogP contribution in [0.1, 0.15) is 19.8 Å². The number of nitrogens with zero attached hydrogens (tertiary/aromatic N) is 3. The minimum Gasteiger partial charge on any atom is -0.492 e. The summed E-state index contributed by atoms with van der Waals surface area (Å²) in [6.45, 7) is 9.14. The van der Waals surface area contributed by atoms with Gasteiger partial charge >= 0.3 is 0 Å². The van der Waals surface area contributed by atoms with Crippen molar-refractivity contribution in [2.45, 2.75) is 19.8 Å². The number of anilines is 1. The van der Waals surface area contributed by atoms with Crippen LogP contribution < -0.4 is 9.64 Å². The lowest BCUT2D eigenvalue weighted by Gasteiger charge is -2.26. The topological polar surface area (TPSA) is 45.2 Å². The highest BCUT2D eigenvalue weighted by molar-refractivity contribution is 5.75. The lowest BCUT2D eigenvalue weighted by molar-refractivity contribution is -0.128. The molecule has 146 valence electrons. The van der Waals surface area contributed by atoms with Crippen LogP contribution in [0.25, 0.3) is 0 Å². The van der Waals surface area contributed by atoms with Gasteiger partial charge in [0, 0.05) is 65.0 Å². The molecule has 2 rings (SSSR count). The molecule has 0 N–H and O–H groups in total. The second-order valence-corrected chi connectivity index (χ2v) is 6.77. The number of hydrogen-bond donors (Lipinski definition) is 0. The highest BCUT2D eigenvalue weighted by Crippen LogP contribution is 2.21. The molecule has 0 spiro atoms. The summed E-state index contributed by atoms with van der Waals surface area (Å²) in [5, 5.41) is 0. The molecule has 0 atom stereocenters. The van der Waals surface area contributed by atoms with Crippen LogP contribution in [0, 0.1) is 0 Å². The van der Waals surface area contributed by atoms with Crippen molar-refractivity contribution < 1.29 is 14.3 Å². The van der Waals surface area contributed by atoms with Crippen molar-refractivity contribution in [3.8, 4) is 5.75 Å². The number of amides is 1. The van der Waals surface area contributed by atoms with Crippen molar-refractivity contribution in [3.05, 3.63) is 24.3 Å². The summed E-state index contributed by atoms with van der Waals surface area (Å²) in [4.78, 5) is 18.0. The molecular weight excluding hydrogens is 330 g/mol. The Morgan fingerprint density at radius 2 is 2.04 bits per heavy atom. The summed E-state index contributed by atoms with van der Waals surface area (Å²) in [7, 11) is 3.61. The van der Waals surface area contributed by atoms with E-state index in [9.17, 15) is 4.79 Å². The second-order valence-electron chi connectivity index (χ2n) is 6.77. The van der Waals surface area contributed by atoms with E-state index in [2.05, 4.69) is 28.9 Å². The van der Waals surface area contributed by atoms with Crippen LogP contribution in [0.4, 0.5) is 5.69 Å². The Balaban J connectivity index is 1.80. The number of morpholine rings is 1. The molecule has 0 bridgehead atoms. The molecule has 6 nitrogen and oxygen atoms in total. The molecule has 0 aliphatic carbocycles. The first-order valence-corrected chi connectivity index (χ1v) is 9.58. The minimum absolute atomic E-state index is 0.182. The molecule has 1 amide bonds. The van der Waals surface area contributed by atoms with E-state index in [0.717, 1.165) is 63.8 Å². The Morgan fingerprint density at radius 1 is 1.27 bits per heavy atom. The maximum Gasteiger partial charge on any atom is 0.222 e. The highest BCUT2D eigenvalue weighted by Gasteiger charge is 2.11. The number of benzene rings is 1. The van der Waals surface area contributed by atoms with Gasteiger partial charge in [0.05, 0.1) is 13.2 Å². The third-order valence-electron chi connectivity index (χ3n) is 4.66. The lowest BCUT2D eigenvalue weighted by atomic mass is 10.2. The summed E-state index contributed by atoms with van der Waals surface area (Å²) in [5.74, 6) is 1.08. The quantitative estimate of drug-likeness (QED) is 0.637. The van der Waals surface area contributed by atoms with Gasteiger partial charge in [-0.3, -0.25) is 9.69 Å². The molecule has 1 heterocycles. The van der Waals surface area contributed by atoms with Crippen LogP contribution in [0.15, 0.2) is 24.3 Å². The van der Waals surface area contributed by atoms with E-state index in [0.29, 0.717) is 13.0 Å². The van der Waals surface area contributed by atoms with Crippen LogP contribution in [-0.2, 0) is 9.53 Å². The summed E-state index contributed by atoms with van der Waals surface area (Å²) >= 11 is 0. The summed E-state index contributed by atoms with van der Waals surface area (Å²) in [6, 6.07) is 8.24. The second kappa shape index (κ2) is 11.0. The maximum atomic E-state index is 11.7. The fourth-order valence-corrected chi connectivity index (χ4v) is 3.00. The van der Waals surface area contributed by atoms with Crippen LogP contribution in [0.3, 0.4) is 0 Å². The predicted octanol–water partition coefficient (Wildman–Crippen LogP) is 2.09. The molecule has 0 aromatic heterocycles. The van der Waals surface area contributed by atoms with Crippen molar-refractivity contribution in [1.82, 2.24) is 9.80 Å². The first kappa shape index (κ1) is 20.5. The number of carbonyl (C=O) groups excluding carboxylic acids is 1. The van der Waals surface area contributed by atoms with E-state index >= 15 is 0 Å². The summed E-state index contributed by atoms with van der Waals surface area (Å²) in [5.41, 5.74) is 1.15. The minimum atomic E-state index is 0.182. The van der Waals surface area contributed by atoms with Gasteiger partial charge < -0.3 is 19.3 Å². The average molecular weight is 364 g/mol. The highest BCUT2D eigenvalue weighted by atomic mass is 16.5. The monoisotopic (exact) mass is 363 g/mol. The predicted molar refractivity (Wildman–Crippen MR) is 105 cm³/mol. The number of rotatable bonds is 10. The third-order valence-corrected chi connectivity index (χ3v) is 4.66. The maximum absolute atomic E-state index is 11.7. The molecule has 1 fully saturated rings. The molecule has 1 saturated heterocycles. The van der Waals surface area contributed by atoms with E-state index in [4.69, 9.17) is 9.47 Å². The fraction of sp³-hybridized carbons (Fsp3) is 0.650. The van der Waals surface area contributed by atoms with Crippen LogP contribution in [-0.4, -0.2) is 82.3 Å². The van der Waals surface area contributed by atoms with Gasteiger partial charge in [-0.25, -0.2) is 0 Å². The Hall–Kier alpha value is -1.79. The van der Waals surface area contributed by atoms with Gasteiger partial charge in [0.1, 0.15) is 12.4 Å². The SMILES string of the molecule is CCN(CCCC(=O)N(C)C)c1cccc(OCCN2CCOCC2)c1. The third kappa shape index (κ3) is 6.84. The zero-order valence-electron chi connectivity index (χ0n) is 16.4. The van der Waals surface area contributed by atoms with Gasteiger partial charge in [-0.15, -0.1) is 0 Å². The lowest BCUT2D eigenvalue weighted by Crippen LogP contribution is -2.38. The van der Waals surface area contributed by atoms with Crippen molar-refractivity contribution >= 4 is 11.6 Å². The number of ether oxygens (including phenoxy) is 2. The van der Waals surface area contributed by atoms with E-state index in [-0.39, 0.29) is 5.91 Å². The van der Waals surface area contributed by atoms with Crippen LogP contribution in [0.2, 0.25) is 0 Å². The largest absolute Gasteiger partial charge is 0.492 e. The summed E-state index contributed by atoms with van der Waals surface area (Å²) in [6.07, 6.45) is 1.44. The molecule has 0 saturated carbocycles. The van der Waals surface area contributed by atoms with Crippen LogP contribution in [0.5, 0.6) is 5.75 Å². The normalized spacial score (nSPS) is 14.9. The van der Waals surface area contributed by atoms with Gasteiger partial charge in [0.2, 0.25) is 5.91 Å². The molecule has 1 aromatic rings. The van der Waals surface area contributed by atoms with Gasteiger partial charge in [-0.1, -0.05) is 6.07 Å². The van der Waals surface area contributed by atoms with Crippen molar-refractivity contribution in [3.63, 3.8) is 0 Å². The average Bonchev–Trinajstić information content (AvgIpc) is 2.66. The van der Waals surface area contributed by atoms with E-state index in [1.807, 2.05) is 12.1 Å². The fourth-order valence-electron chi connectivity index (χ4n) is 3.00. The Bertz CT molecular complexity index is 545. The first-order chi connectivity index (χ1) is 12.6. The first-order valence-electron chi connectivity index (χ1n) is 9.58. The molecule has 1 aromatic carbocycles. The molecule has 26 heavy (non-hydrogen) atoms. The number of carbonyl (C=O) groups is 1. The number of hydrogen-bond acceptors (Lipinski definition) is 5. The van der Waals surface area contributed by atoms with Crippen molar-refractivity contribution in [2.24, 2.45) is 0 Å². The molecule has 1 aliphatic heterocycles. The van der Waals surface area contributed by atoms with E-state index < -0.39 is 0 Å². The zero-order chi connectivity index (χ0) is 18.8. The van der Waals surface area contributed by atoms with E-state index in [1.165, 1.54) is 0 Å². The van der Waals surface area contributed by atoms with Gasteiger partial charge in [-0.2, -0.15) is 0 Å². The molecule has 0 radical (unpaired) electrons. The molecule has 1 aliphatic rings. The van der Waals surface area contributed by atoms with Crippen molar-refractivity contribution in [1.29, 1.82) is 0 Å². The molecule has 0 unspecified atom stereocenters.